The number of aromatic hydroxyl groups is 1. The van der Waals surface area contributed by atoms with Gasteiger partial charge in [-0.15, -0.1) is 0 Å². The van der Waals surface area contributed by atoms with Gasteiger partial charge in [0.2, 0.25) is 31.6 Å². The molecule has 2 spiro atoms. The third kappa shape index (κ3) is 17.1. The Morgan fingerprint density at radius 1 is 0.714 bits per heavy atom. The number of H-pyrrole nitrogens is 2. The van der Waals surface area contributed by atoms with Crippen LogP contribution in [0, 0.1) is 34.1 Å². The van der Waals surface area contributed by atoms with Gasteiger partial charge in [-0.25, -0.2) is 73.9 Å². The smallest absolute Gasteiger partial charge is 0.414 e. The van der Waals surface area contributed by atoms with E-state index in [1.165, 1.54) is 95.3 Å². The van der Waals surface area contributed by atoms with Crippen LogP contribution in [0.25, 0.3) is 43.9 Å². The molecule has 14 rings (SSSR count). The monoisotopic (exact) mass is 1680 g/mol. The summed E-state index contributed by atoms with van der Waals surface area (Å²) in [5, 5.41) is 15.4. The fourth-order valence-electron chi connectivity index (χ4n) is 12.0. The zero-order chi connectivity index (χ0) is 169. The molecule has 12 N–H and O–H groups in total. The summed E-state index contributed by atoms with van der Waals surface area (Å²) in [5.74, 6) is -4.14. The third-order valence-electron chi connectivity index (χ3n) is 17.6. The van der Waals surface area contributed by atoms with E-state index in [2.05, 4.69) is 65.8 Å². The number of nitrogens with zero attached hydrogens (tertiary/aromatic N) is 10. The second-order valence-electron chi connectivity index (χ2n) is 27.5. The highest BCUT2D eigenvalue weighted by molar-refractivity contribution is 7.91. The van der Waals surface area contributed by atoms with E-state index >= 15 is 13.2 Å². The van der Waals surface area contributed by atoms with E-state index in [0.717, 1.165) is 43.0 Å². The standard InChI is InChI=1S/C32H32F2N4O8S2.C21H21F2N9O.C11H20N2O2.C4H5N3O.CH4.47H2/c1-32(2,3)46-31(39)38(4)23-15-22(33)26(34)24-25-28(35-27(23)24)36-30(48(42,43)17-19-9-13-21(45-6)14-10-19)37-29(25)47(40,41)16-18-7-11-20(44-5)12-8-18;1-26-11-4-10(22)15(23)13-14-17(29-16(11)13)30-20(33-9-5-27-19(25)28-6-9)31-18(14)32-7-12(24)21(8-32)2-3-21;1-10(2,3)15-9(14)13-8-6-12-7-11(8)4-5-11;5-4-6-1-3(8)2-7-4;;;;;;;;;;;;;;;;;;;;;;;;;;;;;;;;;;;;;;;;;;;;;;;;/h7-15H,16-17H2,1-6H3,(H,35,36,37);4-6,12,26H,2-3,7-8,24H2,1H3,(H2,25,27,28)(H,29,30,31);8,12H,4-7H2,1-3H3,(H,13,14);1-2,8H,(H2,5,6,7);1H4;47*1H/t;12-;8-;;;;;;;;;;;;;;;;;;;;;;;;;;;;;;;;;;;;;;;;;;;;;;;;;/m.00................................................./s1/i;;;;;47*1+1D. The van der Waals surface area contributed by atoms with E-state index in [9.17, 15) is 30.8 Å². The molecule has 0 radical (unpaired) electrons. The number of rotatable bonds is 14. The molecule has 2 aliphatic heterocycles. The second-order valence-corrected chi connectivity index (χ2v) is 31.3. The van der Waals surface area contributed by atoms with E-state index < -0.39 is 98.3 Å². The minimum atomic E-state index is -4.58. The number of nitrogens with one attached hydrogen (secondary N) is 5. The number of alkyl carbamates (subject to hydrolysis) is 1. The highest BCUT2D eigenvalue weighted by Crippen LogP contribution is 2.54. The maximum absolute atomic E-state index is 15.7. The molecule has 0 bridgehead atoms. The van der Waals surface area contributed by atoms with Crippen molar-refractivity contribution < 1.29 is 212 Å². The Morgan fingerprint density at radius 2 is 1.24 bits per heavy atom. The molecular weight excluding hydrogens is 1410 g/mol. The zero-order valence-electron chi connectivity index (χ0n) is 152. The summed E-state index contributed by atoms with van der Waals surface area (Å²) < 4.78 is 613. The number of ether oxygens (including phenoxy) is 5. The Balaban J connectivity index is -0.0000000421. The van der Waals surface area contributed by atoms with Crippen molar-refractivity contribution in [3.8, 4) is 29.0 Å². The third-order valence-corrected chi connectivity index (χ3v) is 20.6. The quantitative estimate of drug-likeness (QED) is 0.0277. The molecule has 8 heterocycles. The first-order valence-electron chi connectivity index (χ1n) is 79.5. The van der Waals surface area contributed by atoms with Crippen molar-refractivity contribution >= 4 is 105 Å². The number of hydrogen-bond acceptors (Lipinski definition) is 26. The first kappa shape index (κ1) is 36.3. The molecule has 6 aromatic heterocycles. The minimum Gasteiger partial charge on any atom is -0.505 e. The van der Waals surface area contributed by atoms with Gasteiger partial charge in [-0.05, 0) is 103 Å². The van der Waals surface area contributed by atoms with Gasteiger partial charge in [0.25, 0.3) is 5.16 Å². The Kier molecular flexibility index (Phi) is 10.3. The number of hydrogen-bond donors (Lipinski definition) is 9. The molecule has 2 saturated carbocycles. The second kappa shape index (κ2) is 29.8. The number of sulfone groups is 2. The topological polar surface area (TPSA) is 424 Å². The highest BCUT2D eigenvalue weighted by Gasteiger charge is 2.55. The lowest BCUT2D eigenvalue weighted by Gasteiger charge is -2.25. The zero-order valence-corrected chi connectivity index (χ0v) is 59.9. The van der Waals surface area contributed by atoms with E-state index in [-0.39, 0.29) is 82.6 Å². The van der Waals surface area contributed by atoms with E-state index in [4.69, 9.17) is 186 Å². The van der Waals surface area contributed by atoms with Crippen molar-refractivity contribution in [2.24, 2.45) is 16.6 Å². The molecule has 2 atom stereocenters. The molecule has 4 aliphatic rings. The number of aromatic amines is 2. The number of carbonyl (C=O) groups excluding carboxylic acids is 2. The summed E-state index contributed by atoms with van der Waals surface area (Å²) in [7, 11) is -3.21. The molecule has 2 aliphatic carbocycles. The number of benzene rings is 4. The number of carbonyl (C=O) groups is 2. The lowest BCUT2D eigenvalue weighted by molar-refractivity contribution is 0.0492. The summed E-state index contributed by atoms with van der Waals surface area (Å²) >= 11 is 0. The summed E-state index contributed by atoms with van der Waals surface area (Å²) in [5.41, 5.74) is 16.9. The number of nitrogens with two attached hydrogens (primary N) is 3. The van der Waals surface area contributed by atoms with Crippen LogP contribution in [-0.2, 0) is 40.7 Å². The Bertz CT molecular complexity index is 5300. The molecule has 654 valence electrons. The number of methoxy groups -OCH3 is 2. The molecule has 10 aromatic rings. The molecule has 2 saturated heterocycles. The van der Waals surface area contributed by atoms with Gasteiger partial charge in [0, 0.05) is 209 Å². The van der Waals surface area contributed by atoms with Crippen molar-refractivity contribution in [2.45, 2.75) is 120 Å². The lowest BCUT2D eigenvalue weighted by Crippen LogP contribution is -2.43. The van der Waals surface area contributed by atoms with E-state index in [1.54, 1.807) is 40.0 Å². The van der Waals surface area contributed by atoms with Crippen LogP contribution in [0.5, 0.6) is 29.0 Å². The molecule has 105 heavy (non-hydrogen) atoms. The first-order chi connectivity index (χ1) is 96.0. The maximum atomic E-state index is 15.7. The number of anilines is 5. The Labute approximate surface area is 746 Å². The highest BCUT2D eigenvalue weighted by atomic mass is 32.2. The van der Waals surface area contributed by atoms with E-state index in [1.807, 2.05) is 25.7 Å². The van der Waals surface area contributed by atoms with Crippen molar-refractivity contribution in [3.05, 3.63) is 120 Å². The van der Waals surface area contributed by atoms with Gasteiger partial charge in [0.05, 0.1) is 101 Å². The largest absolute Gasteiger partial charge is 0.505 e. The minimum absolute atomic E-state index is 0. The van der Waals surface area contributed by atoms with E-state index in [0.29, 0.717) is 63.6 Å². The number of amides is 2. The van der Waals surface area contributed by atoms with Crippen molar-refractivity contribution in [1.82, 2.24) is 60.5 Å². The molecular formula is C69H176F4N18O12S2. The van der Waals surface area contributed by atoms with Crippen LogP contribution >= 0.6 is 0 Å². The average Bonchev–Trinajstić information content (AvgIpc) is 1.62. The van der Waals surface area contributed by atoms with Crippen molar-refractivity contribution in [3.63, 3.8) is 0 Å². The van der Waals surface area contributed by atoms with Gasteiger partial charge >= 0.3 is 18.2 Å². The lowest BCUT2D eigenvalue weighted by atomic mass is 10.0. The van der Waals surface area contributed by atoms with Crippen molar-refractivity contribution in [1.29, 1.82) is 0 Å². The molecule has 4 fully saturated rings. The summed E-state index contributed by atoms with van der Waals surface area (Å²) in [6.07, 6.45) is 8.58. The van der Waals surface area contributed by atoms with Crippen LogP contribution in [0.15, 0.2) is 95.6 Å². The molecule has 0 unspecified atom stereocenters. The fourth-order valence-corrected chi connectivity index (χ4v) is 14.8. The first-order valence-corrected chi connectivity index (χ1v) is 35.8. The van der Waals surface area contributed by atoms with Crippen molar-refractivity contribution in [2.75, 3.05) is 81.1 Å². The van der Waals surface area contributed by atoms with Crippen LogP contribution in [-0.4, -0.2) is 162 Å². The Morgan fingerprint density at radius 3 is 1.76 bits per heavy atom. The fraction of sp³-hybridized carbons (Fsp3) is 0.391. The average molecular weight is 1680 g/mol. The predicted molar refractivity (Wildman–Crippen MR) is 485 cm³/mol. The number of fused-ring (bicyclic) bond motifs is 6. The van der Waals surface area contributed by atoms with Gasteiger partial charge in [0.15, 0.2) is 39.8 Å². The molecule has 36 heteroatoms. The van der Waals surface area contributed by atoms with Crippen LogP contribution in [0.2, 0.25) is 0 Å². The summed E-state index contributed by atoms with van der Waals surface area (Å²) in [6.45, 7) is 13.6. The van der Waals surface area contributed by atoms with Crippen LogP contribution in [0.3, 0.4) is 0 Å². The van der Waals surface area contributed by atoms with Crippen LogP contribution < -0.4 is 57.2 Å². The number of aromatic nitrogens is 10. The molecule has 30 nitrogen and oxygen atoms in total. The molecule has 4 aromatic carbocycles. The summed E-state index contributed by atoms with van der Waals surface area (Å²) in [6, 6.07) is 14.2. The van der Waals surface area contributed by atoms with Crippen LogP contribution in [0.1, 0.15) is 225 Å². The Hall–Kier alpha value is -10.7. The SMILES string of the molecule is C.CC(C)(C)OC(=O)N[C@H]1CNCC12CC2.CNc1cc(F)c(F)c2c1[nH]c1nc(Oc3cnc(N)nc3)nc(N3C[C@H](N)C4(CC4)C3)c12.COc1ccc(CS(=O)(=O)c2nc(S(=O)(=O)Cc3ccc(OC)cc3)c3c(n2)[nH]c2c(N(C)C(=O)OC(C)(C)C)cc(F)c(F)c23)cc1.Nc1ncc(O)cn1.[2H][2H].[2H][2H].[2H][2H].[2H][2H].[2H][2H].[2H][2H].[2H][2H].[2H][2H].[2H][2H].[2H][2H].[2H][2H].[2H][2H].[2H][2H].[2H][2H].[2H][2H].[2H][2H].[2H][2H].[2H][2H].[2H][2H].[2H][2H].[2H][2H].[2H][2H].[2H][2H].[2H][2H].[2H][2H].[2H][2H].[2H][2H].[2H][2H].[2H][2H].[2H][2H].[2H][2H].[2H][2H].[2H][2H].[2H][2H].[2H][2H].[2H][2H].[2H][2H].[2H][2H].[2H][2H].[2H][2H].[2H][2H].[2H][2H].[2H][2H].[2H][2H].[2H][2H].[2H][2H].[2H][2H]. The maximum Gasteiger partial charge on any atom is 0.414 e. The predicted octanol–water partition coefficient (Wildman–Crippen LogP) is 21.5. The normalized spacial score (nSPS) is 19.9. The summed E-state index contributed by atoms with van der Waals surface area (Å²) in [4.78, 5) is 65.2. The van der Waals surface area contributed by atoms with Gasteiger partial charge < -0.3 is 76.8 Å². The molecule has 2 amide bonds. The van der Waals surface area contributed by atoms with Gasteiger partial charge in [-0.3, -0.25) is 4.90 Å². The van der Waals surface area contributed by atoms with Gasteiger partial charge in [-0.1, -0.05) is 31.7 Å². The van der Waals surface area contributed by atoms with Gasteiger partial charge in [0.1, 0.15) is 39.8 Å². The number of nitrogen functional groups attached to an aromatic ring is 2. The number of halogens is 4. The van der Waals surface area contributed by atoms with Crippen LogP contribution in [0.4, 0.5) is 56.2 Å². The van der Waals surface area contributed by atoms with Gasteiger partial charge in [-0.2, -0.15) is 9.97 Å².